The lowest BCUT2D eigenvalue weighted by Crippen LogP contribution is -2.24. The highest BCUT2D eigenvalue weighted by atomic mass is 32.1. The lowest BCUT2D eigenvalue weighted by atomic mass is 10.3. The smallest absolute Gasteiger partial charge is 0.344 e. The zero-order valence-electron chi connectivity index (χ0n) is 9.82. The summed E-state index contributed by atoms with van der Waals surface area (Å²) in [5.74, 6) is -0.169. The van der Waals surface area contributed by atoms with Crippen LogP contribution in [-0.4, -0.2) is 30.5 Å². The van der Waals surface area contributed by atoms with Crippen LogP contribution in [0.1, 0.15) is 30.6 Å². The molecular formula is C10H17N3O2S. The molecule has 0 spiro atoms. The van der Waals surface area contributed by atoms with E-state index in [4.69, 9.17) is 10.5 Å². The standard InChI is InChI=1S/C10H17N3O2S/c1-4-6-13(5-2)9-7(10(14)15-3)8(11)12-16-9/h4-6H2,1-3H3,(H2,11,12). The number of hydrogen-bond acceptors (Lipinski definition) is 6. The van der Waals surface area contributed by atoms with Gasteiger partial charge in [0, 0.05) is 13.1 Å². The fraction of sp³-hybridized carbons (Fsp3) is 0.600. The van der Waals surface area contributed by atoms with Crippen LogP contribution >= 0.6 is 11.5 Å². The normalized spacial score (nSPS) is 10.2. The minimum atomic E-state index is -0.421. The first-order valence-corrected chi connectivity index (χ1v) is 6.01. The van der Waals surface area contributed by atoms with Crippen LogP contribution in [0.15, 0.2) is 0 Å². The molecule has 6 heteroatoms. The van der Waals surface area contributed by atoms with Gasteiger partial charge in [0.25, 0.3) is 0 Å². The lowest BCUT2D eigenvalue weighted by Gasteiger charge is -2.20. The van der Waals surface area contributed by atoms with Gasteiger partial charge in [-0.15, -0.1) is 0 Å². The zero-order valence-corrected chi connectivity index (χ0v) is 10.6. The number of methoxy groups -OCH3 is 1. The van der Waals surface area contributed by atoms with Crippen molar-refractivity contribution in [2.45, 2.75) is 20.3 Å². The molecular weight excluding hydrogens is 226 g/mol. The van der Waals surface area contributed by atoms with Gasteiger partial charge < -0.3 is 15.4 Å². The number of anilines is 2. The molecule has 0 amide bonds. The van der Waals surface area contributed by atoms with Crippen LogP contribution in [0.3, 0.4) is 0 Å². The van der Waals surface area contributed by atoms with E-state index in [0.717, 1.165) is 24.5 Å². The molecule has 1 aromatic rings. The van der Waals surface area contributed by atoms with Crippen molar-refractivity contribution in [2.24, 2.45) is 0 Å². The van der Waals surface area contributed by atoms with Crippen LogP contribution < -0.4 is 10.6 Å². The summed E-state index contributed by atoms with van der Waals surface area (Å²) in [6, 6.07) is 0. The van der Waals surface area contributed by atoms with E-state index in [2.05, 4.69) is 16.2 Å². The molecule has 0 unspecified atom stereocenters. The zero-order chi connectivity index (χ0) is 12.1. The molecule has 2 N–H and O–H groups in total. The summed E-state index contributed by atoms with van der Waals surface area (Å²) >= 11 is 1.24. The molecule has 1 aromatic heterocycles. The number of carbonyl (C=O) groups excluding carboxylic acids is 1. The van der Waals surface area contributed by atoms with Crippen molar-refractivity contribution in [2.75, 3.05) is 30.8 Å². The van der Waals surface area contributed by atoms with E-state index in [1.807, 2.05) is 6.92 Å². The van der Waals surface area contributed by atoms with Crippen molar-refractivity contribution >= 4 is 28.3 Å². The average molecular weight is 243 g/mol. The third-order valence-electron chi connectivity index (χ3n) is 2.25. The Labute approximate surface area is 99.4 Å². The molecule has 0 fully saturated rings. The monoisotopic (exact) mass is 243 g/mol. The predicted molar refractivity (Wildman–Crippen MR) is 66.0 cm³/mol. The quantitative estimate of drug-likeness (QED) is 0.798. The average Bonchev–Trinajstić information content (AvgIpc) is 2.67. The fourth-order valence-corrected chi connectivity index (χ4v) is 2.37. The number of ether oxygens (including phenoxy) is 1. The molecule has 0 saturated carbocycles. The Morgan fingerprint density at radius 3 is 2.75 bits per heavy atom. The summed E-state index contributed by atoms with van der Waals surface area (Å²) in [4.78, 5) is 13.7. The van der Waals surface area contributed by atoms with Gasteiger partial charge in [0.05, 0.1) is 7.11 Å². The predicted octanol–water partition coefficient (Wildman–Crippen LogP) is 1.75. The maximum Gasteiger partial charge on any atom is 0.344 e. The molecule has 0 aliphatic heterocycles. The second-order valence-corrected chi connectivity index (χ2v) is 4.07. The maximum atomic E-state index is 11.6. The summed E-state index contributed by atoms with van der Waals surface area (Å²) in [6.45, 7) is 5.82. The summed E-state index contributed by atoms with van der Waals surface area (Å²) in [7, 11) is 1.35. The molecule has 5 nitrogen and oxygen atoms in total. The SMILES string of the molecule is CCCN(CC)c1snc(N)c1C(=O)OC. The van der Waals surface area contributed by atoms with Crippen molar-refractivity contribution in [3.8, 4) is 0 Å². The molecule has 0 aliphatic carbocycles. The number of nitrogens with two attached hydrogens (primary N) is 1. The third kappa shape index (κ3) is 2.44. The Hall–Kier alpha value is -1.30. The van der Waals surface area contributed by atoms with Crippen LogP contribution in [0.25, 0.3) is 0 Å². The van der Waals surface area contributed by atoms with E-state index in [0.29, 0.717) is 5.56 Å². The number of hydrogen-bond donors (Lipinski definition) is 1. The highest BCUT2D eigenvalue weighted by Crippen LogP contribution is 2.31. The van der Waals surface area contributed by atoms with Crippen molar-refractivity contribution in [1.29, 1.82) is 0 Å². The van der Waals surface area contributed by atoms with E-state index in [1.165, 1.54) is 18.6 Å². The van der Waals surface area contributed by atoms with E-state index in [9.17, 15) is 4.79 Å². The molecule has 0 radical (unpaired) electrons. The Kier molecular flexibility index (Phi) is 4.54. The Balaban J connectivity index is 3.07. The lowest BCUT2D eigenvalue weighted by molar-refractivity contribution is 0.0603. The summed E-state index contributed by atoms with van der Waals surface area (Å²) < 4.78 is 8.72. The van der Waals surface area contributed by atoms with E-state index in [-0.39, 0.29) is 5.82 Å². The fourth-order valence-electron chi connectivity index (χ4n) is 1.48. The maximum absolute atomic E-state index is 11.6. The van der Waals surface area contributed by atoms with Gasteiger partial charge in [-0.1, -0.05) is 6.92 Å². The molecule has 1 rings (SSSR count). The number of nitrogens with zero attached hydrogens (tertiary/aromatic N) is 2. The van der Waals surface area contributed by atoms with E-state index >= 15 is 0 Å². The topological polar surface area (TPSA) is 68.5 Å². The van der Waals surface area contributed by atoms with Crippen LogP contribution in [0.2, 0.25) is 0 Å². The Morgan fingerprint density at radius 1 is 1.56 bits per heavy atom. The molecule has 16 heavy (non-hydrogen) atoms. The largest absolute Gasteiger partial charge is 0.465 e. The molecule has 0 atom stereocenters. The van der Waals surface area contributed by atoms with Gasteiger partial charge in [0.2, 0.25) is 0 Å². The first-order valence-electron chi connectivity index (χ1n) is 5.24. The highest BCUT2D eigenvalue weighted by Gasteiger charge is 2.23. The first kappa shape index (κ1) is 12.8. The second kappa shape index (κ2) is 5.69. The molecule has 0 aliphatic rings. The number of carbonyl (C=O) groups is 1. The van der Waals surface area contributed by atoms with Gasteiger partial charge in [-0.2, -0.15) is 4.37 Å². The number of esters is 1. The Morgan fingerprint density at radius 2 is 2.25 bits per heavy atom. The summed E-state index contributed by atoms with van der Waals surface area (Å²) in [5, 5.41) is 0.800. The minimum absolute atomic E-state index is 0.251. The molecule has 90 valence electrons. The molecule has 1 heterocycles. The van der Waals surface area contributed by atoms with Crippen LogP contribution in [0, 0.1) is 0 Å². The van der Waals surface area contributed by atoms with Crippen LogP contribution in [0.5, 0.6) is 0 Å². The van der Waals surface area contributed by atoms with E-state index in [1.54, 1.807) is 0 Å². The van der Waals surface area contributed by atoms with E-state index < -0.39 is 5.97 Å². The highest BCUT2D eigenvalue weighted by molar-refractivity contribution is 7.11. The van der Waals surface area contributed by atoms with Gasteiger partial charge in [-0.3, -0.25) is 0 Å². The number of rotatable bonds is 5. The van der Waals surface area contributed by atoms with Gasteiger partial charge in [0.15, 0.2) is 5.82 Å². The van der Waals surface area contributed by atoms with Crippen molar-refractivity contribution in [1.82, 2.24) is 4.37 Å². The molecule has 0 aromatic carbocycles. The second-order valence-electron chi connectivity index (χ2n) is 3.32. The first-order chi connectivity index (χ1) is 7.65. The number of nitrogen functional groups attached to an aromatic ring is 1. The van der Waals surface area contributed by atoms with Gasteiger partial charge >= 0.3 is 5.97 Å². The van der Waals surface area contributed by atoms with Crippen LogP contribution in [-0.2, 0) is 4.74 Å². The number of aromatic nitrogens is 1. The van der Waals surface area contributed by atoms with Crippen molar-refractivity contribution < 1.29 is 9.53 Å². The summed E-state index contributed by atoms with van der Waals surface area (Å²) in [5.41, 5.74) is 6.07. The van der Waals surface area contributed by atoms with Crippen molar-refractivity contribution in [3.63, 3.8) is 0 Å². The minimum Gasteiger partial charge on any atom is -0.465 e. The van der Waals surface area contributed by atoms with Crippen molar-refractivity contribution in [3.05, 3.63) is 5.56 Å². The molecule has 0 bridgehead atoms. The van der Waals surface area contributed by atoms with Gasteiger partial charge in [-0.05, 0) is 24.9 Å². The van der Waals surface area contributed by atoms with Gasteiger partial charge in [-0.25, -0.2) is 4.79 Å². The van der Waals surface area contributed by atoms with Crippen LogP contribution in [0.4, 0.5) is 10.8 Å². The molecule has 0 saturated heterocycles. The summed E-state index contributed by atoms with van der Waals surface area (Å²) in [6.07, 6.45) is 1.01. The van der Waals surface area contributed by atoms with Gasteiger partial charge in [0.1, 0.15) is 10.6 Å². The Bertz CT molecular complexity index is 365. The third-order valence-corrected chi connectivity index (χ3v) is 3.18.